The van der Waals surface area contributed by atoms with Crippen LogP contribution in [0.2, 0.25) is 0 Å². The summed E-state index contributed by atoms with van der Waals surface area (Å²) in [6.45, 7) is 1.88. The number of rotatable bonds is 9. The minimum absolute atomic E-state index is 0.137. The van der Waals surface area contributed by atoms with Crippen LogP contribution in [0.4, 0.5) is 17.1 Å². The molecule has 0 spiro atoms. The molecule has 2 aromatic carbocycles. The lowest BCUT2D eigenvalue weighted by Gasteiger charge is -2.15. The van der Waals surface area contributed by atoms with E-state index in [1.54, 1.807) is 24.3 Å². The van der Waals surface area contributed by atoms with Gasteiger partial charge in [0.2, 0.25) is 17.6 Å². The summed E-state index contributed by atoms with van der Waals surface area (Å²) in [4.78, 5) is 23.4. The number of benzene rings is 2. The Kier molecular flexibility index (Phi) is 7.50. The van der Waals surface area contributed by atoms with Gasteiger partial charge in [-0.05, 0) is 18.2 Å². The lowest BCUT2D eigenvalue weighted by Crippen LogP contribution is -2.16. The highest BCUT2D eigenvalue weighted by molar-refractivity contribution is 5.92. The molecule has 2 rings (SSSR count). The monoisotopic (exact) mass is 387 g/mol. The first-order valence-electron chi connectivity index (χ1n) is 8.68. The fraction of sp³-hybridized carbons (Fsp3) is 0.300. The van der Waals surface area contributed by atoms with Crippen molar-refractivity contribution in [3.05, 3.63) is 36.4 Å². The van der Waals surface area contributed by atoms with Crippen LogP contribution in [0.5, 0.6) is 17.2 Å². The maximum absolute atomic E-state index is 12.2. The van der Waals surface area contributed by atoms with E-state index in [1.807, 2.05) is 12.1 Å². The Labute approximate surface area is 164 Å². The number of amides is 2. The molecule has 0 radical (unpaired) electrons. The molecule has 0 atom stereocenters. The number of carbonyl (C=O) groups is 2. The summed E-state index contributed by atoms with van der Waals surface area (Å²) in [5, 5.41) is 8.69. The van der Waals surface area contributed by atoms with Crippen molar-refractivity contribution in [2.45, 2.75) is 13.3 Å². The molecule has 0 saturated heterocycles. The van der Waals surface area contributed by atoms with E-state index in [1.165, 1.54) is 28.3 Å². The van der Waals surface area contributed by atoms with Crippen molar-refractivity contribution in [1.29, 1.82) is 0 Å². The van der Waals surface area contributed by atoms with Crippen LogP contribution in [-0.2, 0) is 9.59 Å². The number of ether oxygens (including phenoxy) is 3. The van der Waals surface area contributed by atoms with Gasteiger partial charge in [-0.15, -0.1) is 0 Å². The molecule has 0 bridgehead atoms. The van der Waals surface area contributed by atoms with E-state index in [0.717, 1.165) is 5.69 Å². The predicted octanol–water partition coefficient (Wildman–Crippen LogP) is 3.11. The Morgan fingerprint density at radius 1 is 0.857 bits per heavy atom. The van der Waals surface area contributed by atoms with Crippen molar-refractivity contribution < 1.29 is 23.8 Å². The molecule has 0 aliphatic rings. The van der Waals surface area contributed by atoms with Gasteiger partial charge in [-0.3, -0.25) is 9.59 Å². The lowest BCUT2D eigenvalue weighted by molar-refractivity contribution is -0.116. The van der Waals surface area contributed by atoms with Crippen LogP contribution in [0.1, 0.15) is 13.3 Å². The van der Waals surface area contributed by atoms with Crippen molar-refractivity contribution in [3.8, 4) is 17.2 Å². The molecule has 8 nitrogen and oxygen atoms in total. The molecule has 0 aliphatic heterocycles. The summed E-state index contributed by atoms with van der Waals surface area (Å²) in [5.41, 5.74) is 2.05. The van der Waals surface area contributed by atoms with Crippen molar-refractivity contribution >= 4 is 28.9 Å². The maximum Gasteiger partial charge on any atom is 0.226 e. The molecular weight excluding hydrogens is 362 g/mol. The van der Waals surface area contributed by atoms with E-state index in [9.17, 15) is 9.59 Å². The summed E-state index contributed by atoms with van der Waals surface area (Å²) in [5.74, 6) is 1.08. The van der Waals surface area contributed by atoms with E-state index >= 15 is 0 Å². The Balaban J connectivity index is 1.93. The van der Waals surface area contributed by atoms with Gasteiger partial charge < -0.3 is 30.2 Å². The number of anilines is 3. The van der Waals surface area contributed by atoms with E-state index in [-0.39, 0.29) is 18.2 Å². The number of hydrogen-bond acceptors (Lipinski definition) is 6. The van der Waals surface area contributed by atoms with E-state index < -0.39 is 0 Å². The zero-order valence-electron chi connectivity index (χ0n) is 16.4. The van der Waals surface area contributed by atoms with Gasteiger partial charge in [-0.25, -0.2) is 0 Å². The topological polar surface area (TPSA) is 97.9 Å². The van der Waals surface area contributed by atoms with E-state index in [4.69, 9.17) is 14.2 Å². The van der Waals surface area contributed by atoms with Crippen LogP contribution < -0.4 is 30.2 Å². The van der Waals surface area contributed by atoms with Gasteiger partial charge in [-0.1, -0.05) is 6.07 Å². The Hall–Kier alpha value is -3.42. The largest absolute Gasteiger partial charge is 0.493 e. The third-order valence-electron chi connectivity index (χ3n) is 3.81. The van der Waals surface area contributed by atoms with Crippen LogP contribution >= 0.6 is 0 Å². The molecule has 0 unspecified atom stereocenters. The highest BCUT2D eigenvalue weighted by Gasteiger charge is 2.14. The van der Waals surface area contributed by atoms with Crippen molar-refractivity contribution in [2.75, 3.05) is 43.8 Å². The second kappa shape index (κ2) is 10.1. The van der Waals surface area contributed by atoms with Gasteiger partial charge in [0.05, 0.1) is 21.3 Å². The minimum atomic E-state index is -0.167. The molecule has 0 saturated carbocycles. The zero-order chi connectivity index (χ0) is 20.5. The van der Waals surface area contributed by atoms with Gasteiger partial charge >= 0.3 is 0 Å². The maximum atomic E-state index is 12.2. The van der Waals surface area contributed by atoms with Crippen LogP contribution in [0.25, 0.3) is 0 Å². The second-order valence-electron chi connectivity index (χ2n) is 5.90. The molecular formula is C20H25N3O5. The fourth-order valence-electron chi connectivity index (χ4n) is 2.61. The highest BCUT2D eigenvalue weighted by atomic mass is 16.5. The quantitative estimate of drug-likeness (QED) is 0.612. The van der Waals surface area contributed by atoms with Gasteiger partial charge in [0.25, 0.3) is 0 Å². The molecule has 150 valence electrons. The molecule has 2 aromatic rings. The third kappa shape index (κ3) is 5.80. The van der Waals surface area contributed by atoms with Crippen LogP contribution in [-0.4, -0.2) is 39.7 Å². The molecule has 0 aromatic heterocycles. The van der Waals surface area contributed by atoms with E-state index in [2.05, 4.69) is 16.0 Å². The smallest absolute Gasteiger partial charge is 0.226 e. The predicted molar refractivity (Wildman–Crippen MR) is 109 cm³/mol. The SMILES string of the molecule is COc1cc(NC(=O)CCNc2cccc(NC(C)=O)c2)cc(OC)c1OC. The van der Waals surface area contributed by atoms with Crippen LogP contribution in [0.3, 0.4) is 0 Å². The van der Waals surface area contributed by atoms with Crippen LogP contribution in [0, 0.1) is 0 Å². The average Bonchev–Trinajstić information content (AvgIpc) is 2.66. The zero-order valence-corrected chi connectivity index (χ0v) is 16.4. The average molecular weight is 387 g/mol. The van der Waals surface area contributed by atoms with Crippen molar-refractivity contribution in [2.24, 2.45) is 0 Å². The summed E-state index contributed by atoms with van der Waals surface area (Å²) in [6.07, 6.45) is 0.251. The van der Waals surface area contributed by atoms with Crippen molar-refractivity contribution in [3.63, 3.8) is 0 Å². The summed E-state index contributed by atoms with van der Waals surface area (Å²) in [6, 6.07) is 10.6. The van der Waals surface area contributed by atoms with Crippen LogP contribution in [0.15, 0.2) is 36.4 Å². The number of hydrogen-bond donors (Lipinski definition) is 3. The van der Waals surface area contributed by atoms with Crippen molar-refractivity contribution in [1.82, 2.24) is 0 Å². The fourth-order valence-corrected chi connectivity index (χ4v) is 2.61. The first-order chi connectivity index (χ1) is 13.5. The van der Waals surface area contributed by atoms with Gasteiger partial charge in [0.1, 0.15) is 0 Å². The molecule has 0 fully saturated rings. The number of nitrogens with one attached hydrogen (secondary N) is 3. The van der Waals surface area contributed by atoms with Gasteiger partial charge in [-0.2, -0.15) is 0 Å². The molecule has 0 aliphatic carbocycles. The first-order valence-corrected chi connectivity index (χ1v) is 8.68. The highest BCUT2D eigenvalue weighted by Crippen LogP contribution is 2.39. The molecule has 3 N–H and O–H groups in total. The molecule has 2 amide bonds. The number of methoxy groups -OCH3 is 3. The Morgan fingerprint density at radius 2 is 1.50 bits per heavy atom. The Morgan fingerprint density at radius 3 is 2.07 bits per heavy atom. The third-order valence-corrected chi connectivity index (χ3v) is 3.81. The molecule has 8 heteroatoms. The van der Waals surface area contributed by atoms with Gasteiger partial charge in [0, 0.05) is 49.1 Å². The normalized spacial score (nSPS) is 10.0. The molecule has 28 heavy (non-hydrogen) atoms. The standard InChI is InChI=1S/C20H25N3O5/c1-13(24)22-15-7-5-6-14(10-15)21-9-8-19(25)23-16-11-17(26-2)20(28-4)18(12-16)27-3/h5-7,10-12,21H,8-9H2,1-4H3,(H,22,24)(H,23,25). The summed E-state index contributed by atoms with van der Waals surface area (Å²) >= 11 is 0. The minimum Gasteiger partial charge on any atom is -0.493 e. The first kappa shape index (κ1) is 20.9. The number of carbonyl (C=O) groups excluding carboxylic acids is 2. The van der Waals surface area contributed by atoms with E-state index in [0.29, 0.717) is 35.2 Å². The molecule has 0 heterocycles. The second-order valence-corrected chi connectivity index (χ2v) is 5.90. The Bertz CT molecular complexity index is 813. The summed E-state index contributed by atoms with van der Waals surface area (Å²) < 4.78 is 15.8. The van der Waals surface area contributed by atoms with Gasteiger partial charge in [0.15, 0.2) is 11.5 Å². The summed E-state index contributed by atoms with van der Waals surface area (Å²) in [7, 11) is 4.55. The lowest BCUT2D eigenvalue weighted by atomic mass is 10.2.